The molecule has 0 amide bonds. The van der Waals surface area contributed by atoms with Gasteiger partial charge in [0.2, 0.25) is 0 Å². The second-order valence-electron chi connectivity index (χ2n) is 3.90. The third kappa shape index (κ3) is 2.45. The molecule has 0 bridgehead atoms. The lowest BCUT2D eigenvalue weighted by Crippen LogP contribution is -2.05. The summed E-state index contributed by atoms with van der Waals surface area (Å²) in [5, 5.41) is 0. The lowest BCUT2D eigenvalue weighted by Gasteiger charge is -2.10. The monoisotopic (exact) mass is 228 g/mol. The predicted molar refractivity (Wildman–Crippen MR) is 62.6 cm³/mol. The summed E-state index contributed by atoms with van der Waals surface area (Å²) in [5.41, 5.74) is 0.445. The van der Waals surface area contributed by atoms with E-state index < -0.39 is 0 Å². The van der Waals surface area contributed by atoms with Crippen LogP contribution >= 0.6 is 24.4 Å². The van der Waals surface area contributed by atoms with Crippen molar-refractivity contribution in [1.29, 1.82) is 0 Å². The van der Waals surface area contributed by atoms with Crippen LogP contribution in [0.1, 0.15) is 12.8 Å². The van der Waals surface area contributed by atoms with Gasteiger partial charge >= 0.3 is 0 Å². The molecule has 1 aromatic carbocycles. The Hall–Kier alpha value is -0.150. The molecule has 2 rings (SSSR count). The van der Waals surface area contributed by atoms with E-state index in [1.807, 2.05) is 6.07 Å². The van der Waals surface area contributed by atoms with Gasteiger partial charge in [-0.15, -0.1) is 11.8 Å². The third-order valence-corrected chi connectivity index (χ3v) is 4.65. The van der Waals surface area contributed by atoms with Gasteiger partial charge in [0.05, 0.1) is 0 Å². The van der Waals surface area contributed by atoms with Gasteiger partial charge < -0.3 is 0 Å². The van der Waals surface area contributed by atoms with Gasteiger partial charge in [-0.05, 0) is 42.2 Å². The predicted octanol–water partition coefficient (Wildman–Crippen LogP) is 3.63. The van der Waals surface area contributed by atoms with Crippen LogP contribution in [-0.2, 0) is 0 Å². The first-order valence-corrected chi connectivity index (χ1v) is 6.35. The highest BCUT2D eigenvalue weighted by Gasteiger charge is 2.40. The SMILES string of the molecule is Fc1cccc(SCC2(CS)CC2)c1. The Morgan fingerprint density at radius 2 is 2.21 bits per heavy atom. The molecule has 76 valence electrons. The molecule has 0 atom stereocenters. The van der Waals surface area contributed by atoms with E-state index in [0.29, 0.717) is 5.41 Å². The number of rotatable bonds is 4. The fraction of sp³-hybridized carbons (Fsp3) is 0.455. The molecule has 0 N–H and O–H groups in total. The van der Waals surface area contributed by atoms with Gasteiger partial charge in [-0.25, -0.2) is 4.39 Å². The van der Waals surface area contributed by atoms with Gasteiger partial charge in [-0.1, -0.05) is 6.07 Å². The summed E-state index contributed by atoms with van der Waals surface area (Å²) in [5.74, 6) is 1.88. The van der Waals surface area contributed by atoms with Gasteiger partial charge in [0.15, 0.2) is 0 Å². The maximum absolute atomic E-state index is 12.9. The van der Waals surface area contributed by atoms with Crippen LogP contribution in [0.15, 0.2) is 29.2 Å². The summed E-state index contributed by atoms with van der Waals surface area (Å²) in [7, 11) is 0. The van der Waals surface area contributed by atoms with Crippen molar-refractivity contribution in [2.24, 2.45) is 5.41 Å². The molecule has 1 aliphatic rings. The highest BCUT2D eigenvalue weighted by Crippen LogP contribution is 2.49. The maximum atomic E-state index is 12.9. The normalized spacial score (nSPS) is 18.1. The minimum absolute atomic E-state index is 0.147. The number of hydrogen-bond donors (Lipinski definition) is 1. The van der Waals surface area contributed by atoms with Crippen molar-refractivity contribution in [3.8, 4) is 0 Å². The van der Waals surface area contributed by atoms with Gasteiger partial charge in [0, 0.05) is 10.6 Å². The Bertz CT molecular complexity index is 321. The fourth-order valence-corrected chi connectivity index (χ4v) is 3.13. The van der Waals surface area contributed by atoms with Crippen LogP contribution in [0, 0.1) is 11.2 Å². The van der Waals surface area contributed by atoms with E-state index in [4.69, 9.17) is 0 Å². The van der Waals surface area contributed by atoms with Crippen LogP contribution < -0.4 is 0 Å². The van der Waals surface area contributed by atoms with Gasteiger partial charge in [0.1, 0.15) is 5.82 Å². The molecule has 1 aromatic rings. The lowest BCUT2D eigenvalue weighted by atomic mass is 10.2. The van der Waals surface area contributed by atoms with Crippen molar-refractivity contribution < 1.29 is 4.39 Å². The quantitative estimate of drug-likeness (QED) is 0.606. The molecular formula is C11H13FS2. The van der Waals surface area contributed by atoms with Crippen molar-refractivity contribution in [2.75, 3.05) is 11.5 Å². The van der Waals surface area contributed by atoms with Gasteiger partial charge in [-0.2, -0.15) is 12.6 Å². The molecule has 0 nitrogen and oxygen atoms in total. The van der Waals surface area contributed by atoms with E-state index in [1.54, 1.807) is 23.9 Å². The first-order chi connectivity index (χ1) is 6.74. The van der Waals surface area contributed by atoms with Crippen LogP contribution in [-0.4, -0.2) is 11.5 Å². The summed E-state index contributed by atoms with van der Waals surface area (Å²) >= 11 is 6.08. The molecular weight excluding hydrogens is 215 g/mol. The van der Waals surface area contributed by atoms with Crippen LogP contribution in [0.5, 0.6) is 0 Å². The van der Waals surface area contributed by atoms with Crippen molar-refractivity contribution in [2.45, 2.75) is 17.7 Å². The number of halogens is 1. The van der Waals surface area contributed by atoms with E-state index in [9.17, 15) is 4.39 Å². The van der Waals surface area contributed by atoms with E-state index >= 15 is 0 Å². The fourth-order valence-electron chi connectivity index (χ4n) is 1.32. The van der Waals surface area contributed by atoms with E-state index in [1.165, 1.54) is 18.9 Å². The van der Waals surface area contributed by atoms with Crippen molar-refractivity contribution >= 4 is 24.4 Å². The van der Waals surface area contributed by atoms with Crippen LogP contribution in [0.3, 0.4) is 0 Å². The van der Waals surface area contributed by atoms with E-state index in [2.05, 4.69) is 12.6 Å². The van der Waals surface area contributed by atoms with E-state index in [0.717, 1.165) is 16.4 Å². The largest absolute Gasteiger partial charge is 0.207 e. The molecule has 0 radical (unpaired) electrons. The number of thioether (sulfide) groups is 1. The number of thiol groups is 1. The van der Waals surface area contributed by atoms with Crippen LogP contribution in [0.2, 0.25) is 0 Å². The summed E-state index contributed by atoms with van der Waals surface area (Å²) in [4.78, 5) is 1.03. The van der Waals surface area contributed by atoms with Crippen molar-refractivity contribution in [3.05, 3.63) is 30.1 Å². The molecule has 3 heteroatoms. The minimum atomic E-state index is -0.147. The Balaban J connectivity index is 1.92. The molecule has 14 heavy (non-hydrogen) atoms. The molecule has 1 aliphatic carbocycles. The van der Waals surface area contributed by atoms with Crippen molar-refractivity contribution in [3.63, 3.8) is 0 Å². The highest BCUT2D eigenvalue weighted by atomic mass is 32.2. The molecule has 0 aromatic heterocycles. The molecule has 1 fully saturated rings. The summed E-state index contributed by atoms with van der Waals surface area (Å²) in [6.07, 6.45) is 2.55. The zero-order valence-corrected chi connectivity index (χ0v) is 9.58. The highest BCUT2D eigenvalue weighted by molar-refractivity contribution is 7.99. The Morgan fingerprint density at radius 3 is 2.79 bits per heavy atom. The van der Waals surface area contributed by atoms with E-state index in [-0.39, 0.29) is 5.82 Å². The Morgan fingerprint density at radius 1 is 1.43 bits per heavy atom. The zero-order valence-electron chi connectivity index (χ0n) is 7.87. The zero-order chi connectivity index (χ0) is 10.0. The topological polar surface area (TPSA) is 0 Å². The van der Waals surface area contributed by atoms with Gasteiger partial charge in [-0.3, -0.25) is 0 Å². The van der Waals surface area contributed by atoms with Gasteiger partial charge in [0.25, 0.3) is 0 Å². The Labute approximate surface area is 93.7 Å². The second-order valence-corrected chi connectivity index (χ2v) is 5.27. The average Bonchev–Trinajstić information content (AvgIpc) is 2.96. The molecule has 0 saturated heterocycles. The molecule has 0 spiro atoms. The smallest absolute Gasteiger partial charge is 0.124 e. The number of hydrogen-bond acceptors (Lipinski definition) is 2. The maximum Gasteiger partial charge on any atom is 0.124 e. The molecule has 1 saturated carbocycles. The van der Waals surface area contributed by atoms with Crippen molar-refractivity contribution in [1.82, 2.24) is 0 Å². The molecule has 0 heterocycles. The summed E-state index contributed by atoms with van der Waals surface area (Å²) in [6.45, 7) is 0. The van der Waals surface area contributed by atoms with Crippen LogP contribution in [0.25, 0.3) is 0 Å². The first-order valence-electron chi connectivity index (χ1n) is 4.73. The lowest BCUT2D eigenvalue weighted by molar-refractivity contribution is 0.624. The second kappa shape index (κ2) is 4.15. The summed E-state index contributed by atoms with van der Waals surface area (Å²) < 4.78 is 12.9. The Kier molecular flexibility index (Phi) is 3.07. The summed E-state index contributed by atoms with van der Waals surface area (Å²) in [6, 6.07) is 6.80. The first kappa shape index (κ1) is 10.4. The standard InChI is InChI=1S/C11H13FS2/c12-9-2-1-3-10(6-9)14-8-11(7-13)4-5-11/h1-3,6,13H,4-5,7-8H2. The molecule has 0 unspecified atom stereocenters. The van der Waals surface area contributed by atoms with Crippen LogP contribution in [0.4, 0.5) is 4.39 Å². The third-order valence-electron chi connectivity index (χ3n) is 2.63. The average molecular weight is 228 g/mol. The molecule has 0 aliphatic heterocycles. The number of benzene rings is 1. The minimum Gasteiger partial charge on any atom is -0.207 e.